The molecule has 2 heterocycles. The van der Waals surface area contributed by atoms with E-state index in [1.54, 1.807) is 0 Å². The molecule has 0 N–H and O–H groups in total. The predicted molar refractivity (Wildman–Crippen MR) is 77.2 cm³/mol. The van der Waals surface area contributed by atoms with Gasteiger partial charge in [-0.25, -0.2) is 4.98 Å². The Morgan fingerprint density at radius 3 is 2.95 bits per heavy atom. The molecule has 2 aromatic rings. The van der Waals surface area contributed by atoms with Gasteiger partial charge in [0.2, 0.25) is 0 Å². The lowest BCUT2D eigenvalue weighted by Gasteiger charge is -2.23. The Morgan fingerprint density at radius 1 is 1.25 bits per heavy atom. The van der Waals surface area contributed by atoms with Crippen LogP contribution in [0.1, 0.15) is 17.7 Å². The SMILES string of the molecule is Cc1ccc(C#N)c(N2CCCOc3ccccc32)n1. The summed E-state index contributed by atoms with van der Waals surface area (Å²) in [5, 5.41) is 9.31. The van der Waals surface area contributed by atoms with Crippen LogP contribution in [0.3, 0.4) is 0 Å². The van der Waals surface area contributed by atoms with Crippen molar-refractivity contribution in [3.63, 3.8) is 0 Å². The molecular formula is C16H15N3O. The fourth-order valence-electron chi connectivity index (χ4n) is 2.38. The molecule has 0 aliphatic carbocycles. The number of hydrogen-bond donors (Lipinski definition) is 0. The van der Waals surface area contributed by atoms with Crippen molar-refractivity contribution in [2.24, 2.45) is 0 Å². The lowest BCUT2D eigenvalue weighted by Crippen LogP contribution is -2.20. The van der Waals surface area contributed by atoms with Crippen LogP contribution in [0, 0.1) is 18.3 Å². The number of ether oxygens (including phenoxy) is 1. The molecule has 1 aliphatic rings. The number of nitriles is 1. The van der Waals surface area contributed by atoms with Gasteiger partial charge >= 0.3 is 0 Å². The van der Waals surface area contributed by atoms with E-state index in [4.69, 9.17) is 4.74 Å². The van der Waals surface area contributed by atoms with Gasteiger partial charge in [-0.05, 0) is 37.6 Å². The molecule has 0 saturated carbocycles. The van der Waals surface area contributed by atoms with Crippen LogP contribution in [-0.2, 0) is 0 Å². The van der Waals surface area contributed by atoms with E-state index in [-0.39, 0.29) is 0 Å². The number of aryl methyl sites for hydroxylation is 1. The third-order valence-corrected chi connectivity index (χ3v) is 3.33. The van der Waals surface area contributed by atoms with Gasteiger partial charge in [0.25, 0.3) is 0 Å². The molecule has 0 radical (unpaired) electrons. The second-order valence-corrected chi connectivity index (χ2v) is 4.76. The molecule has 1 aliphatic heterocycles. The number of anilines is 2. The van der Waals surface area contributed by atoms with E-state index >= 15 is 0 Å². The van der Waals surface area contributed by atoms with Crippen molar-refractivity contribution < 1.29 is 4.74 Å². The molecule has 0 unspecified atom stereocenters. The molecule has 1 aromatic carbocycles. The van der Waals surface area contributed by atoms with Crippen LogP contribution in [0.25, 0.3) is 0 Å². The number of aromatic nitrogens is 1. The normalized spacial score (nSPS) is 13.9. The number of pyridine rings is 1. The third kappa shape index (κ3) is 2.19. The fourth-order valence-corrected chi connectivity index (χ4v) is 2.38. The molecule has 100 valence electrons. The minimum atomic E-state index is 0.590. The molecule has 4 heteroatoms. The summed E-state index contributed by atoms with van der Waals surface area (Å²) in [6.07, 6.45) is 0.898. The van der Waals surface area contributed by atoms with Gasteiger partial charge in [-0.2, -0.15) is 5.26 Å². The van der Waals surface area contributed by atoms with Crippen molar-refractivity contribution in [1.29, 1.82) is 5.26 Å². The highest BCUT2D eigenvalue weighted by Gasteiger charge is 2.21. The average molecular weight is 265 g/mol. The Hall–Kier alpha value is -2.54. The van der Waals surface area contributed by atoms with Gasteiger partial charge in [-0.1, -0.05) is 12.1 Å². The summed E-state index contributed by atoms with van der Waals surface area (Å²) in [7, 11) is 0. The molecule has 0 bridgehead atoms. The first kappa shape index (κ1) is 12.5. The minimum absolute atomic E-state index is 0.590. The molecule has 0 saturated heterocycles. The summed E-state index contributed by atoms with van der Waals surface area (Å²) in [5.74, 6) is 1.56. The van der Waals surface area contributed by atoms with Crippen LogP contribution < -0.4 is 9.64 Å². The maximum absolute atomic E-state index is 9.31. The standard InChI is InChI=1S/C16H15N3O/c1-12-7-8-13(11-17)16(18-12)19-9-4-10-20-15-6-3-2-5-14(15)19/h2-3,5-8H,4,9-10H2,1H3. The maximum Gasteiger partial charge on any atom is 0.151 e. The number of hydrogen-bond acceptors (Lipinski definition) is 4. The highest BCUT2D eigenvalue weighted by Crippen LogP contribution is 2.36. The molecule has 20 heavy (non-hydrogen) atoms. The van der Waals surface area contributed by atoms with Crippen LogP contribution in [0.15, 0.2) is 36.4 Å². The summed E-state index contributed by atoms with van der Waals surface area (Å²) >= 11 is 0. The molecular weight excluding hydrogens is 250 g/mol. The van der Waals surface area contributed by atoms with Crippen molar-refractivity contribution in [2.45, 2.75) is 13.3 Å². The monoisotopic (exact) mass is 265 g/mol. The summed E-state index contributed by atoms with van der Waals surface area (Å²) in [6.45, 7) is 3.41. The molecule has 0 fully saturated rings. The van der Waals surface area contributed by atoms with E-state index < -0.39 is 0 Å². The first-order valence-electron chi connectivity index (χ1n) is 6.67. The van der Waals surface area contributed by atoms with Crippen LogP contribution in [-0.4, -0.2) is 18.1 Å². The number of nitrogens with zero attached hydrogens (tertiary/aromatic N) is 3. The first-order valence-corrected chi connectivity index (χ1v) is 6.67. The van der Waals surface area contributed by atoms with E-state index in [1.807, 2.05) is 43.3 Å². The second-order valence-electron chi connectivity index (χ2n) is 4.76. The smallest absolute Gasteiger partial charge is 0.151 e. The van der Waals surface area contributed by atoms with Gasteiger partial charge in [-0.3, -0.25) is 0 Å². The van der Waals surface area contributed by atoms with Crippen molar-refractivity contribution in [3.05, 3.63) is 47.7 Å². The molecule has 1 aromatic heterocycles. The summed E-state index contributed by atoms with van der Waals surface area (Å²) < 4.78 is 5.75. The zero-order valence-corrected chi connectivity index (χ0v) is 11.3. The van der Waals surface area contributed by atoms with Gasteiger partial charge in [0.05, 0.1) is 17.9 Å². The molecule has 3 rings (SSSR count). The molecule has 0 spiro atoms. The lowest BCUT2D eigenvalue weighted by molar-refractivity contribution is 0.322. The van der Waals surface area contributed by atoms with Gasteiger partial charge < -0.3 is 9.64 Å². The predicted octanol–water partition coefficient (Wildman–Crippen LogP) is 3.18. The van der Waals surface area contributed by atoms with Gasteiger partial charge in [0, 0.05) is 12.2 Å². The van der Waals surface area contributed by atoms with Gasteiger partial charge in [0.1, 0.15) is 11.8 Å². The summed E-state index contributed by atoms with van der Waals surface area (Å²) in [5.41, 5.74) is 2.47. The third-order valence-electron chi connectivity index (χ3n) is 3.33. The van der Waals surface area contributed by atoms with E-state index in [1.165, 1.54) is 0 Å². The molecule has 0 amide bonds. The molecule has 4 nitrogen and oxygen atoms in total. The maximum atomic E-state index is 9.31. The lowest BCUT2D eigenvalue weighted by atomic mass is 10.2. The number of fused-ring (bicyclic) bond motifs is 1. The summed E-state index contributed by atoms with van der Waals surface area (Å²) in [6, 6.07) is 13.8. The number of benzene rings is 1. The largest absolute Gasteiger partial charge is 0.491 e. The van der Waals surface area contributed by atoms with Crippen molar-refractivity contribution in [3.8, 4) is 11.8 Å². The van der Waals surface area contributed by atoms with Crippen LogP contribution in [0.5, 0.6) is 5.75 Å². The van der Waals surface area contributed by atoms with Crippen molar-refractivity contribution in [2.75, 3.05) is 18.1 Å². The van der Waals surface area contributed by atoms with Crippen LogP contribution in [0.2, 0.25) is 0 Å². The Morgan fingerprint density at radius 2 is 2.10 bits per heavy atom. The first-order chi connectivity index (χ1) is 9.79. The number of para-hydroxylation sites is 2. The fraction of sp³-hybridized carbons (Fsp3) is 0.250. The molecule has 0 atom stereocenters. The van der Waals surface area contributed by atoms with Crippen molar-refractivity contribution >= 4 is 11.5 Å². The van der Waals surface area contributed by atoms with Crippen LogP contribution >= 0.6 is 0 Å². The Balaban J connectivity index is 2.15. The average Bonchev–Trinajstić information content (AvgIpc) is 2.69. The highest BCUT2D eigenvalue weighted by molar-refractivity contribution is 5.71. The topological polar surface area (TPSA) is 49.2 Å². The van der Waals surface area contributed by atoms with E-state index in [0.29, 0.717) is 18.0 Å². The Bertz CT molecular complexity index is 676. The van der Waals surface area contributed by atoms with Crippen molar-refractivity contribution in [1.82, 2.24) is 4.98 Å². The summed E-state index contributed by atoms with van der Waals surface area (Å²) in [4.78, 5) is 6.63. The van der Waals surface area contributed by atoms with E-state index in [9.17, 15) is 5.26 Å². The van der Waals surface area contributed by atoms with Gasteiger partial charge in [-0.15, -0.1) is 0 Å². The zero-order valence-electron chi connectivity index (χ0n) is 11.3. The van der Waals surface area contributed by atoms with Crippen LogP contribution in [0.4, 0.5) is 11.5 Å². The number of rotatable bonds is 1. The minimum Gasteiger partial charge on any atom is -0.491 e. The van der Waals surface area contributed by atoms with E-state index in [2.05, 4.69) is 16.0 Å². The highest BCUT2D eigenvalue weighted by atomic mass is 16.5. The Labute approximate surface area is 118 Å². The van der Waals surface area contributed by atoms with E-state index in [0.717, 1.165) is 30.1 Å². The van der Waals surface area contributed by atoms with Gasteiger partial charge in [0.15, 0.2) is 5.82 Å². The Kier molecular flexibility index (Phi) is 3.26. The second kappa shape index (κ2) is 5.22. The quantitative estimate of drug-likeness (QED) is 0.794. The zero-order chi connectivity index (χ0) is 13.9.